The molecule has 1 aromatic heterocycles. The number of anilines is 1. The average molecular weight is 464 g/mol. The lowest BCUT2D eigenvalue weighted by molar-refractivity contribution is 0.117. The summed E-state index contributed by atoms with van der Waals surface area (Å²) in [5.74, 6) is 0.581. The monoisotopic (exact) mass is 463 g/mol. The first kappa shape index (κ1) is 23.3. The molecular formula is C22H27Cl2N5O2. The SMILES string of the molecule is C[C@H](OC(=O)Nc1ccc(Cl)c(Cl)c1)c1nc2cc(CN(C)C)c(CN(C)C)cc2[nH]1. The lowest BCUT2D eigenvalue weighted by Gasteiger charge is -2.17. The molecule has 9 heteroatoms. The third-order valence-corrected chi connectivity index (χ3v) is 5.37. The Morgan fingerprint density at radius 3 is 2.32 bits per heavy atom. The van der Waals surface area contributed by atoms with Gasteiger partial charge in [-0.05, 0) is 76.6 Å². The second-order valence-electron chi connectivity index (χ2n) is 8.04. The van der Waals surface area contributed by atoms with Crippen LogP contribution < -0.4 is 5.32 Å². The molecule has 7 nitrogen and oxygen atoms in total. The number of aromatic nitrogens is 2. The van der Waals surface area contributed by atoms with Gasteiger partial charge in [0, 0.05) is 18.8 Å². The van der Waals surface area contributed by atoms with E-state index in [0.717, 1.165) is 24.1 Å². The van der Waals surface area contributed by atoms with Crippen LogP contribution in [0.1, 0.15) is 30.0 Å². The van der Waals surface area contributed by atoms with Crippen molar-refractivity contribution >= 4 is 46.0 Å². The maximum atomic E-state index is 12.3. The van der Waals surface area contributed by atoms with Crippen molar-refractivity contribution < 1.29 is 9.53 Å². The van der Waals surface area contributed by atoms with Crippen LogP contribution in [0.15, 0.2) is 30.3 Å². The molecule has 166 valence electrons. The van der Waals surface area contributed by atoms with Crippen LogP contribution in [0.4, 0.5) is 10.5 Å². The number of hydrogen-bond donors (Lipinski definition) is 2. The van der Waals surface area contributed by atoms with Crippen LogP contribution in [0.3, 0.4) is 0 Å². The maximum absolute atomic E-state index is 12.3. The second-order valence-corrected chi connectivity index (χ2v) is 8.85. The van der Waals surface area contributed by atoms with Crippen LogP contribution in [-0.2, 0) is 17.8 Å². The molecule has 0 bridgehead atoms. The zero-order valence-corrected chi connectivity index (χ0v) is 19.8. The van der Waals surface area contributed by atoms with Gasteiger partial charge in [0.2, 0.25) is 0 Å². The van der Waals surface area contributed by atoms with E-state index in [1.54, 1.807) is 25.1 Å². The molecule has 0 aliphatic rings. The van der Waals surface area contributed by atoms with Crippen molar-refractivity contribution in [3.63, 3.8) is 0 Å². The number of fused-ring (bicyclic) bond motifs is 1. The molecule has 2 aromatic carbocycles. The molecule has 3 aromatic rings. The Bertz CT molecular complexity index is 1030. The molecule has 1 heterocycles. The molecule has 0 fully saturated rings. The van der Waals surface area contributed by atoms with Crippen molar-refractivity contribution in [3.05, 3.63) is 57.3 Å². The van der Waals surface area contributed by atoms with Gasteiger partial charge >= 0.3 is 6.09 Å². The fourth-order valence-electron chi connectivity index (χ4n) is 3.27. The van der Waals surface area contributed by atoms with Gasteiger partial charge < -0.3 is 19.5 Å². The van der Waals surface area contributed by atoms with Gasteiger partial charge in [0.25, 0.3) is 0 Å². The number of carbonyl (C=O) groups is 1. The predicted octanol–water partition coefficient (Wildman–Crippen LogP) is 5.30. The first-order chi connectivity index (χ1) is 14.6. The number of imidazole rings is 1. The van der Waals surface area contributed by atoms with Gasteiger partial charge in [-0.2, -0.15) is 0 Å². The third kappa shape index (κ3) is 6.11. The molecule has 0 unspecified atom stereocenters. The number of halogens is 2. The highest BCUT2D eigenvalue weighted by molar-refractivity contribution is 6.42. The van der Waals surface area contributed by atoms with Gasteiger partial charge in [0.05, 0.1) is 21.1 Å². The Morgan fingerprint density at radius 1 is 1.06 bits per heavy atom. The van der Waals surface area contributed by atoms with E-state index in [4.69, 9.17) is 27.9 Å². The molecule has 0 saturated heterocycles. The van der Waals surface area contributed by atoms with E-state index in [1.165, 1.54) is 11.1 Å². The first-order valence-corrected chi connectivity index (χ1v) is 10.6. The molecule has 0 spiro atoms. The Morgan fingerprint density at radius 2 is 1.71 bits per heavy atom. The summed E-state index contributed by atoms with van der Waals surface area (Å²) in [5.41, 5.74) is 4.70. The minimum absolute atomic E-state index is 0.354. The second kappa shape index (κ2) is 9.87. The highest BCUT2D eigenvalue weighted by atomic mass is 35.5. The van der Waals surface area contributed by atoms with E-state index in [0.29, 0.717) is 21.6 Å². The van der Waals surface area contributed by atoms with Gasteiger partial charge in [-0.1, -0.05) is 23.2 Å². The topological polar surface area (TPSA) is 73.5 Å². The highest BCUT2D eigenvalue weighted by Crippen LogP contribution is 2.26. The van der Waals surface area contributed by atoms with Crippen LogP contribution in [0.2, 0.25) is 10.0 Å². The number of nitrogens with zero attached hydrogens (tertiary/aromatic N) is 3. The fourth-order valence-corrected chi connectivity index (χ4v) is 3.57. The molecule has 2 N–H and O–H groups in total. The minimum atomic E-state index is -0.604. The third-order valence-electron chi connectivity index (χ3n) is 4.63. The zero-order valence-electron chi connectivity index (χ0n) is 18.3. The van der Waals surface area contributed by atoms with Gasteiger partial charge in [-0.25, -0.2) is 9.78 Å². The summed E-state index contributed by atoms with van der Waals surface area (Å²) < 4.78 is 5.49. The van der Waals surface area contributed by atoms with E-state index in [2.05, 4.69) is 37.2 Å². The van der Waals surface area contributed by atoms with E-state index in [9.17, 15) is 4.79 Å². The molecule has 0 aliphatic carbocycles. The van der Waals surface area contributed by atoms with Gasteiger partial charge in [-0.3, -0.25) is 5.32 Å². The van der Waals surface area contributed by atoms with Crippen molar-refractivity contribution in [2.45, 2.75) is 26.1 Å². The summed E-state index contributed by atoms with van der Waals surface area (Å²) in [7, 11) is 8.18. The molecule has 0 radical (unpaired) electrons. The Labute approximate surface area is 192 Å². The number of carbonyl (C=O) groups excluding carboxylic acids is 1. The summed E-state index contributed by atoms with van der Waals surface area (Å²) in [6.07, 6.45) is -1.17. The van der Waals surface area contributed by atoms with Crippen LogP contribution in [0.5, 0.6) is 0 Å². The number of hydrogen-bond acceptors (Lipinski definition) is 5. The van der Waals surface area contributed by atoms with Crippen molar-refractivity contribution in [3.8, 4) is 0 Å². The number of amides is 1. The Kier molecular flexibility index (Phi) is 7.43. The van der Waals surface area contributed by atoms with Crippen molar-refractivity contribution in [1.29, 1.82) is 0 Å². The molecule has 3 rings (SSSR count). The number of rotatable bonds is 7. The van der Waals surface area contributed by atoms with Gasteiger partial charge in [-0.15, -0.1) is 0 Å². The van der Waals surface area contributed by atoms with E-state index in [-0.39, 0.29) is 0 Å². The van der Waals surface area contributed by atoms with Crippen molar-refractivity contribution in [2.24, 2.45) is 0 Å². The van der Waals surface area contributed by atoms with E-state index in [1.807, 2.05) is 28.2 Å². The normalized spacial score (nSPS) is 12.5. The molecule has 1 amide bonds. The lowest BCUT2D eigenvalue weighted by Crippen LogP contribution is -2.16. The minimum Gasteiger partial charge on any atom is -0.438 e. The molecule has 0 aliphatic heterocycles. The number of H-pyrrole nitrogens is 1. The first-order valence-electron chi connectivity index (χ1n) is 9.86. The summed E-state index contributed by atoms with van der Waals surface area (Å²) in [4.78, 5) is 24.5. The van der Waals surface area contributed by atoms with Crippen LogP contribution in [0.25, 0.3) is 11.0 Å². The molecular weight excluding hydrogens is 437 g/mol. The summed E-state index contributed by atoms with van der Waals surface area (Å²) in [6, 6.07) is 9.04. The van der Waals surface area contributed by atoms with E-state index < -0.39 is 12.2 Å². The largest absolute Gasteiger partial charge is 0.438 e. The predicted molar refractivity (Wildman–Crippen MR) is 126 cm³/mol. The number of benzene rings is 2. The van der Waals surface area contributed by atoms with Gasteiger partial charge in [0.15, 0.2) is 6.10 Å². The summed E-state index contributed by atoms with van der Waals surface area (Å²) >= 11 is 11.9. The average Bonchev–Trinajstić information content (AvgIpc) is 3.07. The standard InChI is InChI=1S/C22H27Cl2N5O2/c1-13(31-22(30)25-16-6-7-17(23)18(24)10-16)21-26-19-8-14(11-28(2)3)15(12-29(4)5)9-20(19)27-21/h6-10,13H,11-12H2,1-5H3,(H,25,30)(H,26,27)/t13-/m0/s1. The number of nitrogens with one attached hydrogen (secondary N) is 2. The molecule has 0 saturated carbocycles. The van der Waals surface area contributed by atoms with Crippen molar-refractivity contribution in [1.82, 2.24) is 19.8 Å². The van der Waals surface area contributed by atoms with Crippen LogP contribution in [-0.4, -0.2) is 54.1 Å². The quantitative estimate of drug-likeness (QED) is 0.496. The smallest absolute Gasteiger partial charge is 0.412 e. The number of ether oxygens (including phenoxy) is 1. The Hall–Kier alpha value is -2.32. The maximum Gasteiger partial charge on any atom is 0.412 e. The zero-order chi connectivity index (χ0) is 22.7. The van der Waals surface area contributed by atoms with Crippen LogP contribution >= 0.6 is 23.2 Å². The lowest BCUT2D eigenvalue weighted by atomic mass is 10.1. The fraction of sp³-hybridized carbons (Fsp3) is 0.364. The summed E-state index contributed by atoms with van der Waals surface area (Å²) in [5, 5.41) is 3.42. The van der Waals surface area contributed by atoms with Gasteiger partial charge in [0.1, 0.15) is 5.82 Å². The number of aromatic amines is 1. The van der Waals surface area contributed by atoms with Crippen molar-refractivity contribution in [2.75, 3.05) is 33.5 Å². The summed E-state index contributed by atoms with van der Waals surface area (Å²) in [6.45, 7) is 3.42. The van der Waals surface area contributed by atoms with E-state index >= 15 is 0 Å². The highest BCUT2D eigenvalue weighted by Gasteiger charge is 2.18. The Balaban J connectivity index is 1.77. The van der Waals surface area contributed by atoms with Crippen LogP contribution in [0, 0.1) is 0 Å². The molecule has 1 atom stereocenters. The molecule has 31 heavy (non-hydrogen) atoms.